The van der Waals surface area contributed by atoms with Gasteiger partial charge in [-0.1, -0.05) is 6.92 Å². The molecule has 96 valence electrons. The van der Waals surface area contributed by atoms with Gasteiger partial charge in [-0.2, -0.15) is 0 Å². The third-order valence-corrected chi connectivity index (χ3v) is 2.77. The predicted molar refractivity (Wildman–Crippen MR) is 66.8 cm³/mol. The maximum Gasteiger partial charge on any atom is 0.221 e. The van der Waals surface area contributed by atoms with Crippen LogP contribution in [0, 0.1) is 0 Å². The summed E-state index contributed by atoms with van der Waals surface area (Å²) in [5.74, 6) is 1.63. The number of aromatic amines is 1. The highest BCUT2D eigenvalue weighted by Crippen LogP contribution is 2.12. The number of nitrogens with zero attached hydrogens (tertiary/aromatic N) is 1. The molecule has 18 heavy (non-hydrogen) atoms. The fraction of sp³-hybridized carbons (Fsp3) is 0.385. The molecule has 2 rings (SSSR count). The molecule has 0 saturated carbocycles. The average molecular weight is 247 g/mol. The van der Waals surface area contributed by atoms with E-state index in [1.807, 2.05) is 19.1 Å². The Hall–Kier alpha value is -2.04. The first kappa shape index (κ1) is 12.4. The normalized spacial score (nSPS) is 12.3. The molecule has 1 amide bonds. The Kier molecular flexibility index (Phi) is 4.17. The fourth-order valence-corrected chi connectivity index (χ4v) is 1.79. The van der Waals surface area contributed by atoms with Crippen molar-refractivity contribution in [2.24, 2.45) is 0 Å². The second-order valence-corrected chi connectivity index (χ2v) is 4.08. The molecule has 0 aromatic carbocycles. The zero-order valence-electron chi connectivity index (χ0n) is 10.3. The monoisotopic (exact) mass is 247 g/mol. The van der Waals surface area contributed by atoms with Gasteiger partial charge in [0, 0.05) is 25.2 Å². The van der Waals surface area contributed by atoms with Crippen LogP contribution in [0.15, 0.2) is 35.2 Å². The van der Waals surface area contributed by atoms with Crippen molar-refractivity contribution in [1.29, 1.82) is 0 Å². The van der Waals surface area contributed by atoms with Crippen LogP contribution in [0.2, 0.25) is 0 Å². The van der Waals surface area contributed by atoms with Crippen molar-refractivity contribution in [3.8, 4) is 0 Å². The molecule has 2 aromatic rings. The van der Waals surface area contributed by atoms with Gasteiger partial charge in [-0.05, 0) is 18.6 Å². The average Bonchev–Trinajstić information content (AvgIpc) is 3.05. The van der Waals surface area contributed by atoms with Crippen LogP contribution in [-0.2, 0) is 11.2 Å². The Morgan fingerprint density at radius 2 is 2.50 bits per heavy atom. The Balaban J connectivity index is 1.82. The van der Waals surface area contributed by atoms with E-state index < -0.39 is 0 Å². The molecule has 5 heteroatoms. The number of amides is 1. The molecule has 5 nitrogen and oxygen atoms in total. The fourth-order valence-electron chi connectivity index (χ4n) is 1.79. The van der Waals surface area contributed by atoms with Gasteiger partial charge in [0.15, 0.2) is 0 Å². The topological polar surface area (TPSA) is 70.9 Å². The SMILES string of the molecule is CCC(NC(=O)CCc1ccco1)c1ncc[nH]1. The molecule has 0 spiro atoms. The summed E-state index contributed by atoms with van der Waals surface area (Å²) in [5.41, 5.74) is 0. The van der Waals surface area contributed by atoms with Crippen LogP contribution in [0.1, 0.15) is 37.4 Å². The van der Waals surface area contributed by atoms with E-state index in [1.54, 1.807) is 18.7 Å². The number of hydrogen-bond acceptors (Lipinski definition) is 3. The lowest BCUT2D eigenvalue weighted by atomic mass is 10.2. The molecular formula is C13H17N3O2. The maximum absolute atomic E-state index is 11.8. The maximum atomic E-state index is 11.8. The minimum absolute atomic E-state index is 0.00894. The number of carbonyl (C=O) groups is 1. The van der Waals surface area contributed by atoms with Crippen molar-refractivity contribution in [3.63, 3.8) is 0 Å². The number of aromatic nitrogens is 2. The van der Waals surface area contributed by atoms with Gasteiger partial charge in [-0.25, -0.2) is 4.98 Å². The largest absolute Gasteiger partial charge is 0.469 e. The van der Waals surface area contributed by atoms with Crippen LogP contribution in [0.25, 0.3) is 0 Å². The van der Waals surface area contributed by atoms with E-state index >= 15 is 0 Å². The third-order valence-electron chi connectivity index (χ3n) is 2.77. The summed E-state index contributed by atoms with van der Waals surface area (Å²) in [7, 11) is 0. The van der Waals surface area contributed by atoms with Crippen molar-refractivity contribution in [2.45, 2.75) is 32.2 Å². The van der Waals surface area contributed by atoms with Crippen LogP contribution >= 0.6 is 0 Å². The van der Waals surface area contributed by atoms with E-state index in [-0.39, 0.29) is 11.9 Å². The summed E-state index contributed by atoms with van der Waals surface area (Å²) in [6.45, 7) is 2.01. The molecule has 1 atom stereocenters. The highest BCUT2D eigenvalue weighted by atomic mass is 16.3. The third kappa shape index (κ3) is 3.23. The van der Waals surface area contributed by atoms with Crippen LogP contribution in [0.5, 0.6) is 0 Å². The number of H-pyrrole nitrogens is 1. The van der Waals surface area contributed by atoms with Crippen LogP contribution in [0.4, 0.5) is 0 Å². The first-order chi connectivity index (χ1) is 8.79. The summed E-state index contributed by atoms with van der Waals surface area (Å²) in [6.07, 6.45) is 6.91. The molecule has 0 saturated heterocycles. The minimum atomic E-state index is -0.0518. The first-order valence-corrected chi connectivity index (χ1v) is 6.10. The summed E-state index contributed by atoms with van der Waals surface area (Å²) in [5, 5.41) is 2.96. The highest BCUT2D eigenvalue weighted by Gasteiger charge is 2.14. The van der Waals surface area contributed by atoms with Crippen LogP contribution in [-0.4, -0.2) is 15.9 Å². The molecule has 0 bridgehead atoms. The van der Waals surface area contributed by atoms with Crippen molar-refractivity contribution in [2.75, 3.05) is 0 Å². The first-order valence-electron chi connectivity index (χ1n) is 6.10. The summed E-state index contributed by atoms with van der Waals surface area (Å²) in [4.78, 5) is 19.0. The number of hydrogen-bond donors (Lipinski definition) is 2. The highest BCUT2D eigenvalue weighted by molar-refractivity contribution is 5.76. The molecule has 0 radical (unpaired) electrons. The quantitative estimate of drug-likeness (QED) is 0.822. The van der Waals surface area contributed by atoms with Crippen molar-refractivity contribution in [1.82, 2.24) is 15.3 Å². The molecule has 0 aliphatic heterocycles. The van der Waals surface area contributed by atoms with E-state index in [0.717, 1.165) is 18.0 Å². The molecule has 2 heterocycles. The van der Waals surface area contributed by atoms with Gasteiger partial charge in [0.2, 0.25) is 5.91 Å². The minimum Gasteiger partial charge on any atom is -0.469 e. The van der Waals surface area contributed by atoms with Crippen molar-refractivity contribution < 1.29 is 9.21 Å². The van der Waals surface area contributed by atoms with E-state index in [1.165, 1.54) is 0 Å². The number of nitrogens with one attached hydrogen (secondary N) is 2. The Bertz CT molecular complexity index is 462. The number of imidazole rings is 1. The number of furan rings is 1. The van der Waals surface area contributed by atoms with E-state index in [4.69, 9.17) is 4.42 Å². The molecule has 0 aliphatic rings. The smallest absolute Gasteiger partial charge is 0.221 e. The standard InChI is InChI=1S/C13H17N3O2/c1-2-11(13-14-7-8-15-13)16-12(17)6-5-10-4-3-9-18-10/h3-4,7-9,11H,2,5-6H2,1H3,(H,14,15)(H,16,17). The number of rotatable bonds is 6. The van der Waals surface area contributed by atoms with Gasteiger partial charge in [-0.15, -0.1) is 0 Å². The van der Waals surface area contributed by atoms with E-state index in [0.29, 0.717) is 12.8 Å². The summed E-state index contributed by atoms with van der Waals surface area (Å²) >= 11 is 0. The van der Waals surface area contributed by atoms with Crippen molar-refractivity contribution in [3.05, 3.63) is 42.4 Å². The Labute approximate surface area is 106 Å². The predicted octanol–water partition coefficient (Wildman–Crippen LogP) is 2.20. The van der Waals surface area contributed by atoms with Gasteiger partial charge in [0.05, 0.1) is 12.3 Å². The van der Waals surface area contributed by atoms with E-state index in [2.05, 4.69) is 15.3 Å². The number of carbonyl (C=O) groups excluding carboxylic acids is 1. The zero-order valence-corrected chi connectivity index (χ0v) is 10.3. The van der Waals surface area contributed by atoms with Gasteiger partial charge in [0.1, 0.15) is 11.6 Å². The summed E-state index contributed by atoms with van der Waals surface area (Å²) in [6, 6.07) is 3.64. The van der Waals surface area contributed by atoms with Gasteiger partial charge in [-0.3, -0.25) is 4.79 Å². The van der Waals surface area contributed by atoms with Gasteiger partial charge >= 0.3 is 0 Å². The van der Waals surface area contributed by atoms with Gasteiger partial charge in [0.25, 0.3) is 0 Å². The number of aryl methyl sites for hydroxylation is 1. The summed E-state index contributed by atoms with van der Waals surface area (Å²) < 4.78 is 5.19. The van der Waals surface area contributed by atoms with E-state index in [9.17, 15) is 4.79 Å². The molecule has 2 aromatic heterocycles. The zero-order chi connectivity index (χ0) is 12.8. The van der Waals surface area contributed by atoms with Crippen LogP contribution < -0.4 is 5.32 Å². The van der Waals surface area contributed by atoms with Crippen LogP contribution in [0.3, 0.4) is 0 Å². The lowest BCUT2D eigenvalue weighted by Crippen LogP contribution is -2.29. The molecule has 1 unspecified atom stereocenters. The molecular weight excluding hydrogens is 230 g/mol. The molecule has 2 N–H and O–H groups in total. The second-order valence-electron chi connectivity index (χ2n) is 4.08. The second kappa shape index (κ2) is 6.05. The van der Waals surface area contributed by atoms with Crippen molar-refractivity contribution >= 4 is 5.91 Å². The molecule has 0 fully saturated rings. The Morgan fingerprint density at radius 1 is 1.61 bits per heavy atom. The Morgan fingerprint density at radius 3 is 3.11 bits per heavy atom. The van der Waals surface area contributed by atoms with Gasteiger partial charge < -0.3 is 14.7 Å². The lowest BCUT2D eigenvalue weighted by molar-refractivity contribution is -0.122. The molecule has 0 aliphatic carbocycles. The lowest BCUT2D eigenvalue weighted by Gasteiger charge is -2.14.